The number of anilines is 1. The highest BCUT2D eigenvalue weighted by atomic mass is 35.5. The number of nitrogens with zero attached hydrogens (tertiary/aromatic N) is 3. The van der Waals surface area contributed by atoms with Gasteiger partial charge < -0.3 is 20.2 Å². The molecule has 1 spiro atoms. The van der Waals surface area contributed by atoms with Crippen LogP contribution in [-0.2, 0) is 10.4 Å². The number of hydrogen-bond acceptors (Lipinski definition) is 5. The Hall–Kier alpha value is -2.82. The first-order valence-corrected chi connectivity index (χ1v) is 12.9. The van der Waals surface area contributed by atoms with E-state index in [4.69, 9.17) is 11.6 Å². The van der Waals surface area contributed by atoms with Crippen molar-refractivity contribution in [1.29, 1.82) is 0 Å². The van der Waals surface area contributed by atoms with E-state index in [1.807, 2.05) is 6.07 Å². The minimum Gasteiger partial charge on any atom is -0.380 e. The number of benzene rings is 2. The highest BCUT2D eigenvalue weighted by molar-refractivity contribution is 6.34. The van der Waals surface area contributed by atoms with Crippen molar-refractivity contribution in [2.75, 3.05) is 45.6 Å². The maximum atomic E-state index is 13.8. The summed E-state index contributed by atoms with van der Waals surface area (Å²) in [6.07, 6.45) is -3.50. The van der Waals surface area contributed by atoms with E-state index in [2.05, 4.69) is 10.2 Å². The first-order chi connectivity index (χ1) is 17.8. The predicted molar refractivity (Wildman–Crippen MR) is 137 cm³/mol. The maximum absolute atomic E-state index is 13.8. The van der Waals surface area contributed by atoms with Crippen molar-refractivity contribution < 1.29 is 27.9 Å². The number of halogens is 4. The SMILES string of the molecule is CN(C)C(=O)c1ccc(NC2CN(C3CC4(C3)CN(C(=O)[C@](O)(c3ccccc3)C(F)(F)F)C4)C2)cc1Cl. The zero-order chi connectivity index (χ0) is 27.5. The van der Waals surface area contributed by atoms with Gasteiger partial charge in [0.05, 0.1) is 16.6 Å². The Labute approximate surface area is 224 Å². The third-order valence-electron chi connectivity index (χ3n) is 7.99. The molecule has 0 unspecified atom stereocenters. The van der Waals surface area contributed by atoms with Gasteiger partial charge in [0.1, 0.15) is 0 Å². The third kappa shape index (κ3) is 4.52. The summed E-state index contributed by atoms with van der Waals surface area (Å²) in [5, 5.41) is 14.4. The van der Waals surface area contributed by atoms with Crippen LogP contribution in [0, 0.1) is 5.41 Å². The Balaban J connectivity index is 1.10. The predicted octanol–water partition coefficient (Wildman–Crippen LogP) is 3.58. The Kier molecular flexibility index (Phi) is 6.64. The van der Waals surface area contributed by atoms with Crippen molar-refractivity contribution in [3.63, 3.8) is 0 Å². The van der Waals surface area contributed by atoms with Crippen LogP contribution in [0.15, 0.2) is 48.5 Å². The van der Waals surface area contributed by atoms with Crippen LogP contribution in [0.2, 0.25) is 5.02 Å². The molecule has 1 saturated carbocycles. The molecule has 204 valence electrons. The minimum atomic E-state index is -5.12. The van der Waals surface area contributed by atoms with Gasteiger partial charge in [-0.05, 0) is 31.0 Å². The lowest BCUT2D eigenvalue weighted by atomic mass is 9.59. The molecule has 3 aliphatic rings. The van der Waals surface area contributed by atoms with Crippen LogP contribution in [0.3, 0.4) is 0 Å². The number of nitrogens with one attached hydrogen (secondary N) is 1. The number of alkyl halides is 3. The van der Waals surface area contributed by atoms with Gasteiger partial charge in [0.15, 0.2) is 0 Å². The van der Waals surface area contributed by atoms with Crippen LogP contribution >= 0.6 is 11.6 Å². The van der Waals surface area contributed by atoms with E-state index in [1.165, 1.54) is 23.1 Å². The maximum Gasteiger partial charge on any atom is 0.430 e. The monoisotopic (exact) mass is 550 g/mol. The number of likely N-dealkylation sites (tertiary alicyclic amines) is 2. The molecule has 0 bridgehead atoms. The van der Waals surface area contributed by atoms with E-state index in [0.29, 0.717) is 16.6 Å². The van der Waals surface area contributed by atoms with Crippen LogP contribution in [0.1, 0.15) is 28.8 Å². The third-order valence-corrected chi connectivity index (χ3v) is 8.30. The summed E-state index contributed by atoms with van der Waals surface area (Å²) in [5.41, 5.74) is -2.91. The lowest BCUT2D eigenvalue weighted by Crippen LogP contribution is -2.73. The molecule has 1 atom stereocenters. The lowest BCUT2D eigenvalue weighted by molar-refractivity contribution is -0.267. The lowest BCUT2D eigenvalue weighted by Gasteiger charge is -2.63. The van der Waals surface area contributed by atoms with E-state index in [9.17, 15) is 27.9 Å². The number of amides is 2. The molecule has 2 amide bonds. The standard InChI is InChI=1S/C27H30ClF3N4O3/c1-33(2)23(36)21-9-8-18(10-22(21)28)32-19-13-34(14-19)20-11-25(12-20)15-35(16-25)24(37)26(38,27(29,30)31)17-6-4-3-5-7-17/h3-10,19-20,32,38H,11-16H2,1-2H3/t26-/m1/s1. The van der Waals surface area contributed by atoms with Crippen molar-refractivity contribution in [1.82, 2.24) is 14.7 Å². The second-order valence-corrected chi connectivity index (χ2v) is 11.4. The molecule has 1 aliphatic carbocycles. The molecule has 2 aliphatic heterocycles. The van der Waals surface area contributed by atoms with Gasteiger partial charge in [-0.2, -0.15) is 13.2 Å². The first-order valence-electron chi connectivity index (χ1n) is 12.5. The molecule has 2 N–H and O–H groups in total. The normalized spacial score (nSPS) is 21.2. The average Bonchev–Trinajstić information content (AvgIpc) is 2.79. The largest absolute Gasteiger partial charge is 0.430 e. The molecule has 2 saturated heterocycles. The quantitative estimate of drug-likeness (QED) is 0.575. The van der Waals surface area contributed by atoms with Crippen LogP contribution in [0.5, 0.6) is 0 Å². The number of carbonyl (C=O) groups excluding carboxylic acids is 2. The van der Waals surface area contributed by atoms with Gasteiger partial charge in [-0.15, -0.1) is 0 Å². The Morgan fingerprint density at radius 3 is 2.26 bits per heavy atom. The molecule has 5 rings (SSSR count). The van der Waals surface area contributed by atoms with E-state index >= 15 is 0 Å². The molecule has 7 nitrogen and oxygen atoms in total. The minimum absolute atomic E-state index is 0.158. The second-order valence-electron chi connectivity index (χ2n) is 11.0. The van der Waals surface area contributed by atoms with Gasteiger partial charge in [0, 0.05) is 63.0 Å². The Morgan fingerprint density at radius 2 is 1.71 bits per heavy atom. The van der Waals surface area contributed by atoms with Crippen molar-refractivity contribution in [3.05, 3.63) is 64.7 Å². The number of carbonyl (C=O) groups is 2. The zero-order valence-electron chi connectivity index (χ0n) is 21.1. The van der Waals surface area contributed by atoms with Gasteiger partial charge in [-0.1, -0.05) is 41.9 Å². The van der Waals surface area contributed by atoms with Gasteiger partial charge in [0.2, 0.25) is 0 Å². The number of rotatable bonds is 6. The van der Waals surface area contributed by atoms with Gasteiger partial charge in [-0.3, -0.25) is 14.5 Å². The molecule has 2 heterocycles. The average molecular weight is 551 g/mol. The summed E-state index contributed by atoms with van der Waals surface area (Å²) in [4.78, 5) is 29.9. The molecule has 3 fully saturated rings. The smallest absolute Gasteiger partial charge is 0.380 e. The number of hydrogen-bond donors (Lipinski definition) is 2. The molecule has 2 aromatic rings. The fourth-order valence-corrected chi connectivity index (χ4v) is 6.10. The van der Waals surface area contributed by atoms with Crippen molar-refractivity contribution in [2.45, 2.75) is 36.7 Å². The first kappa shape index (κ1) is 26.8. The number of aliphatic hydroxyl groups is 1. The zero-order valence-corrected chi connectivity index (χ0v) is 21.9. The molecule has 0 radical (unpaired) electrons. The summed E-state index contributed by atoms with van der Waals surface area (Å²) in [6, 6.07) is 12.4. The Morgan fingerprint density at radius 1 is 1.08 bits per heavy atom. The van der Waals surface area contributed by atoms with Crippen LogP contribution in [-0.4, -0.2) is 90.2 Å². The summed E-state index contributed by atoms with van der Waals surface area (Å²) >= 11 is 6.30. The fraction of sp³-hybridized carbons (Fsp3) is 0.481. The summed E-state index contributed by atoms with van der Waals surface area (Å²) in [5.74, 6) is -1.47. The van der Waals surface area contributed by atoms with Crippen molar-refractivity contribution >= 4 is 29.1 Å². The second kappa shape index (κ2) is 9.43. The van der Waals surface area contributed by atoms with Crippen LogP contribution < -0.4 is 5.32 Å². The molecular weight excluding hydrogens is 521 g/mol. The summed E-state index contributed by atoms with van der Waals surface area (Å²) in [6.45, 7) is 2.08. The van der Waals surface area contributed by atoms with E-state index < -0.39 is 23.2 Å². The summed E-state index contributed by atoms with van der Waals surface area (Å²) in [7, 11) is 3.34. The van der Waals surface area contributed by atoms with E-state index in [-0.39, 0.29) is 30.5 Å². The van der Waals surface area contributed by atoms with Crippen molar-refractivity contribution in [2.24, 2.45) is 5.41 Å². The molecule has 0 aromatic heterocycles. The Bertz CT molecular complexity index is 1220. The van der Waals surface area contributed by atoms with Gasteiger partial charge >= 0.3 is 6.18 Å². The molecule has 38 heavy (non-hydrogen) atoms. The fourth-order valence-electron chi connectivity index (χ4n) is 5.84. The molecule has 2 aromatic carbocycles. The van der Waals surface area contributed by atoms with E-state index in [0.717, 1.165) is 48.7 Å². The molecule has 11 heteroatoms. The highest BCUT2D eigenvalue weighted by Crippen LogP contribution is 2.53. The summed E-state index contributed by atoms with van der Waals surface area (Å²) < 4.78 is 41.5. The van der Waals surface area contributed by atoms with Crippen LogP contribution in [0.25, 0.3) is 0 Å². The van der Waals surface area contributed by atoms with Gasteiger partial charge in [0.25, 0.3) is 17.4 Å². The topological polar surface area (TPSA) is 76.1 Å². The van der Waals surface area contributed by atoms with Crippen molar-refractivity contribution in [3.8, 4) is 0 Å². The van der Waals surface area contributed by atoms with Gasteiger partial charge in [-0.25, -0.2) is 0 Å². The van der Waals surface area contributed by atoms with Crippen LogP contribution in [0.4, 0.5) is 18.9 Å². The highest BCUT2D eigenvalue weighted by Gasteiger charge is 2.65. The molecular formula is C27H30ClF3N4O3. The van der Waals surface area contributed by atoms with E-state index in [1.54, 1.807) is 26.2 Å².